The largest absolute Gasteiger partial charge is 0.389 e. The van der Waals surface area contributed by atoms with Crippen LogP contribution in [0.4, 0.5) is 11.4 Å². The Hall–Kier alpha value is -1.63. The van der Waals surface area contributed by atoms with E-state index >= 15 is 0 Å². The molecule has 1 saturated heterocycles. The maximum Gasteiger partial charge on any atom is 0.245 e. The summed E-state index contributed by atoms with van der Waals surface area (Å²) in [7, 11) is 0. The number of β-amino-alcohol motifs (C(OH)–C–C–N with tert-alkyl or cyclic N) is 2. The van der Waals surface area contributed by atoms with Gasteiger partial charge in [0.1, 0.15) is 6.04 Å². The van der Waals surface area contributed by atoms with Crippen molar-refractivity contribution in [3.8, 4) is 0 Å². The first-order valence-corrected chi connectivity index (χ1v) is 5.88. The molecule has 2 aliphatic heterocycles. The predicted molar refractivity (Wildman–Crippen MR) is 66.2 cm³/mol. The zero-order valence-electron chi connectivity index (χ0n) is 9.71. The summed E-state index contributed by atoms with van der Waals surface area (Å²) in [5.41, 5.74) is 8.08. The molecule has 0 aliphatic carbocycles. The molecule has 3 atom stereocenters. The number of anilines is 2. The molecule has 1 aromatic carbocycles. The number of carbonyl (C=O) groups excluding carboxylic acids is 1. The molecule has 6 heteroatoms. The van der Waals surface area contributed by atoms with E-state index in [0.717, 1.165) is 11.3 Å². The topological polar surface area (TPSA) is 98.8 Å². The normalized spacial score (nSPS) is 30.5. The van der Waals surface area contributed by atoms with Gasteiger partial charge in [0.05, 0.1) is 12.2 Å². The van der Waals surface area contributed by atoms with Crippen molar-refractivity contribution in [2.45, 2.75) is 18.2 Å². The fourth-order valence-corrected chi connectivity index (χ4v) is 2.45. The Labute approximate surface area is 104 Å². The van der Waals surface area contributed by atoms with Crippen LogP contribution in [0.3, 0.4) is 0 Å². The summed E-state index contributed by atoms with van der Waals surface area (Å²) in [6, 6.07) is 4.88. The first kappa shape index (κ1) is 11.5. The van der Waals surface area contributed by atoms with Crippen LogP contribution in [-0.4, -0.2) is 41.4 Å². The van der Waals surface area contributed by atoms with Gasteiger partial charge in [0.2, 0.25) is 5.91 Å². The third-order valence-electron chi connectivity index (χ3n) is 3.54. The molecule has 0 aromatic heterocycles. The number of carbonyl (C=O) groups is 1. The van der Waals surface area contributed by atoms with Gasteiger partial charge >= 0.3 is 0 Å². The third-order valence-corrected chi connectivity index (χ3v) is 3.54. The second-order valence-corrected chi connectivity index (χ2v) is 4.78. The molecule has 3 unspecified atom stereocenters. The van der Waals surface area contributed by atoms with Crippen LogP contribution in [-0.2, 0) is 4.79 Å². The van der Waals surface area contributed by atoms with Gasteiger partial charge in [-0.1, -0.05) is 6.07 Å². The third kappa shape index (κ3) is 1.66. The Morgan fingerprint density at radius 2 is 1.94 bits per heavy atom. The number of fused-ring (bicyclic) bond motifs is 1. The standard InChI is InChI=1S/C12H15N3O3/c13-11-7-2-1-6(3-8(7)14-12(11)18)15-4-9(16)10(17)5-15/h1-3,9-11,16-17H,4-5,13H2,(H,14,18). The van der Waals surface area contributed by atoms with Crippen LogP contribution in [0.1, 0.15) is 11.6 Å². The zero-order chi connectivity index (χ0) is 12.9. The number of benzene rings is 1. The van der Waals surface area contributed by atoms with Crippen molar-refractivity contribution >= 4 is 17.3 Å². The van der Waals surface area contributed by atoms with Gasteiger partial charge in [0.15, 0.2) is 0 Å². The summed E-state index contributed by atoms with van der Waals surface area (Å²) in [4.78, 5) is 13.3. The van der Waals surface area contributed by atoms with Crippen LogP contribution in [0.2, 0.25) is 0 Å². The molecule has 1 fully saturated rings. The molecule has 96 valence electrons. The second-order valence-electron chi connectivity index (χ2n) is 4.78. The van der Waals surface area contributed by atoms with Crippen molar-refractivity contribution in [3.63, 3.8) is 0 Å². The Morgan fingerprint density at radius 3 is 2.61 bits per heavy atom. The van der Waals surface area contributed by atoms with Crippen LogP contribution in [0.15, 0.2) is 18.2 Å². The first-order valence-electron chi connectivity index (χ1n) is 5.88. The smallest absolute Gasteiger partial charge is 0.245 e. The summed E-state index contributed by atoms with van der Waals surface area (Å²) in [6.45, 7) is 0.778. The van der Waals surface area contributed by atoms with Gasteiger partial charge in [-0.05, 0) is 12.1 Å². The van der Waals surface area contributed by atoms with Crippen LogP contribution in [0.5, 0.6) is 0 Å². The highest BCUT2D eigenvalue weighted by molar-refractivity contribution is 6.02. The van der Waals surface area contributed by atoms with E-state index in [9.17, 15) is 15.0 Å². The van der Waals surface area contributed by atoms with Crippen molar-refractivity contribution in [3.05, 3.63) is 23.8 Å². The minimum atomic E-state index is -0.727. The molecule has 2 aliphatic rings. The van der Waals surface area contributed by atoms with E-state index in [-0.39, 0.29) is 5.91 Å². The van der Waals surface area contributed by atoms with Crippen LogP contribution in [0, 0.1) is 0 Å². The molecular formula is C12H15N3O3. The van der Waals surface area contributed by atoms with Gasteiger partial charge in [-0.2, -0.15) is 0 Å². The van der Waals surface area contributed by atoms with Gasteiger partial charge in [0, 0.05) is 30.0 Å². The summed E-state index contributed by atoms with van der Waals surface area (Å²) >= 11 is 0. The number of nitrogens with one attached hydrogen (secondary N) is 1. The average molecular weight is 249 g/mol. The first-order chi connectivity index (χ1) is 8.56. The van der Waals surface area contributed by atoms with E-state index in [1.54, 1.807) is 0 Å². The second kappa shape index (κ2) is 3.94. The minimum Gasteiger partial charge on any atom is -0.389 e. The number of nitrogens with two attached hydrogens (primary N) is 1. The maximum atomic E-state index is 11.4. The number of nitrogens with zero attached hydrogens (tertiary/aromatic N) is 1. The quantitative estimate of drug-likeness (QED) is 0.521. The number of hydrogen-bond acceptors (Lipinski definition) is 5. The highest BCUT2D eigenvalue weighted by Gasteiger charge is 2.32. The lowest BCUT2D eigenvalue weighted by Gasteiger charge is -2.18. The number of amides is 1. The Morgan fingerprint density at radius 1 is 1.28 bits per heavy atom. The molecule has 1 amide bonds. The van der Waals surface area contributed by atoms with Crippen molar-refractivity contribution in [1.82, 2.24) is 0 Å². The number of hydrogen-bond donors (Lipinski definition) is 4. The fourth-order valence-electron chi connectivity index (χ4n) is 2.45. The van der Waals surface area contributed by atoms with Crippen molar-refractivity contribution < 1.29 is 15.0 Å². The summed E-state index contributed by atoms with van der Waals surface area (Å²) < 4.78 is 0. The molecule has 0 spiro atoms. The van der Waals surface area contributed by atoms with E-state index in [2.05, 4.69) is 5.32 Å². The van der Waals surface area contributed by atoms with E-state index < -0.39 is 18.2 Å². The van der Waals surface area contributed by atoms with E-state index in [0.29, 0.717) is 18.8 Å². The Bertz CT molecular complexity index is 495. The average Bonchev–Trinajstić information content (AvgIpc) is 2.81. The fraction of sp³-hybridized carbons (Fsp3) is 0.417. The van der Waals surface area contributed by atoms with Crippen LogP contribution < -0.4 is 16.0 Å². The van der Waals surface area contributed by atoms with Gasteiger partial charge in [-0.25, -0.2) is 0 Å². The molecule has 5 N–H and O–H groups in total. The van der Waals surface area contributed by atoms with Gasteiger partial charge in [-0.15, -0.1) is 0 Å². The summed E-state index contributed by atoms with van der Waals surface area (Å²) in [5, 5.41) is 21.8. The van der Waals surface area contributed by atoms with Crippen LogP contribution in [0.25, 0.3) is 0 Å². The Balaban J connectivity index is 1.88. The molecule has 0 saturated carbocycles. The van der Waals surface area contributed by atoms with Gasteiger partial charge < -0.3 is 26.2 Å². The molecule has 0 bridgehead atoms. The minimum absolute atomic E-state index is 0.205. The summed E-state index contributed by atoms with van der Waals surface area (Å²) in [6.07, 6.45) is -1.45. The molecule has 0 radical (unpaired) electrons. The lowest BCUT2D eigenvalue weighted by atomic mass is 10.1. The zero-order valence-corrected chi connectivity index (χ0v) is 9.71. The van der Waals surface area contributed by atoms with Gasteiger partial charge in [-0.3, -0.25) is 4.79 Å². The molecule has 3 rings (SSSR count). The molecule has 2 heterocycles. The van der Waals surface area contributed by atoms with E-state index in [4.69, 9.17) is 5.73 Å². The van der Waals surface area contributed by atoms with E-state index in [1.807, 2.05) is 23.1 Å². The SMILES string of the molecule is NC1C(=O)Nc2cc(N3CC(O)C(O)C3)ccc21. The van der Waals surface area contributed by atoms with Crippen molar-refractivity contribution in [1.29, 1.82) is 0 Å². The van der Waals surface area contributed by atoms with Crippen molar-refractivity contribution in [2.75, 3.05) is 23.3 Å². The van der Waals surface area contributed by atoms with E-state index in [1.165, 1.54) is 0 Å². The molecular weight excluding hydrogens is 234 g/mol. The van der Waals surface area contributed by atoms with Crippen LogP contribution >= 0.6 is 0 Å². The lowest BCUT2D eigenvalue weighted by molar-refractivity contribution is -0.116. The molecule has 1 aromatic rings. The highest BCUT2D eigenvalue weighted by atomic mass is 16.3. The van der Waals surface area contributed by atoms with Crippen molar-refractivity contribution in [2.24, 2.45) is 5.73 Å². The number of rotatable bonds is 1. The number of aliphatic hydroxyl groups is 2. The Kier molecular flexibility index (Phi) is 2.51. The maximum absolute atomic E-state index is 11.4. The number of aliphatic hydroxyl groups excluding tert-OH is 2. The molecule has 6 nitrogen and oxygen atoms in total. The monoisotopic (exact) mass is 249 g/mol. The highest BCUT2D eigenvalue weighted by Crippen LogP contribution is 2.33. The predicted octanol–water partition coefficient (Wildman–Crippen LogP) is -0.820. The summed E-state index contributed by atoms with van der Waals surface area (Å²) in [5.74, 6) is -0.205. The van der Waals surface area contributed by atoms with Gasteiger partial charge in [0.25, 0.3) is 0 Å². The lowest BCUT2D eigenvalue weighted by Crippen LogP contribution is -2.22. The molecule has 18 heavy (non-hydrogen) atoms.